The second-order valence-electron chi connectivity index (χ2n) is 11.8. The van der Waals surface area contributed by atoms with Crippen LogP contribution in [0.4, 0.5) is 0 Å². The van der Waals surface area contributed by atoms with Crippen LogP contribution in [0.3, 0.4) is 0 Å². The Morgan fingerprint density at radius 2 is 1.10 bits per heavy atom. The van der Waals surface area contributed by atoms with E-state index in [0.29, 0.717) is 0 Å². The number of benzene rings is 5. The zero-order chi connectivity index (χ0) is 27.2. The van der Waals surface area contributed by atoms with E-state index in [4.69, 9.17) is 14.3 Å². The standard InChI is InChI=1S/C35H28BNO2S/c1-34(2)35(3,4)39-36(38-34)33-32-29-20-22(14-16-30(29)40-31(32)17-18-37-33)21-13-15-27-25-11-6-5-9-23(25)24-10-7-8-12-26(24)28(27)19-21/h5-20H,1-4H3. The van der Waals surface area contributed by atoms with Crippen LogP contribution in [0.2, 0.25) is 0 Å². The maximum Gasteiger partial charge on any atom is 0.515 e. The molecule has 2 aromatic heterocycles. The fourth-order valence-corrected chi connectivity index (χ4v) is 7.24. The van der Waals surface area contributed by atoms with Crippen LogP contribution in [0, 0.1) is 0 Å². The van der Waals surface area contributed by atoms with Gasteiger partial charge in [0.25, 0.3) is 0 Å². The molecule has 1 saturated heterocycles. The molecule has 0 atom stereocenters. The summed E-state index contributed by atoms with van der Waals surface area (Å²) in [5.41, 5.74) is 2.41. The van der Waals surface area contributed by atoms with Gasteiger partial charge in [0.15, 0.2) is 0 Å². The molecule has 0 bridgehead atoms. The van der Waals surface area contributed by atoms with Gasteiger partial charge in [-0.3, -0.25) is 4.98 Å². The number of hydrogen-bond acceptors (Lipinski definition) is 4. The zero-order valence-electron chi connectivity index (χ0n) is 23.0. The fourth-order valence-electron chi connectivity index (χ4n) is 6.15. The predicted octanol–water partition coefficient (Wildman–Crippen LogP) is 8.88. The lowest BCUT2D eigenvalue weighted by Crippen LogP contribution is -2.41. The molecule has 3 nitrogen and oxygen atoms in total. The van der Waals surface area contributed by atoms with Crippen LogP contribution in [-0.4, -0.2) is 23.3 Å². The van der Waals surface area contributed by atoms with Crippen molar-refractivity contribution in [2.45, 2.75) is 38.9 Å². The number of pyridine rings is 1. The average molecular weight is 537 g/mol. The van der Waals surface area contributed by atoms with E-state index in [0.717, 1.165) is 11.0 Å². The monoisotopic (exact) mass is 537 g/mol. The number of hydrogen-bond donors (Lipinski definition) is 0. The summed E-state index contributed by atoms with van der Waals surface area (Å²) >= 11 is 1.79. The van der Waals surface area contributed by atoms with Gasteiger partial charge in [-0.15, -0.1) is 11.3 Å². The van der Waals surface area contributed by atoms with Crippen molar-refractivity contribution in [2.75, 3.05) is 0 Å². The summed E-state index contributed by atoms with van der Waals surface area (Å²) in [5.74, 6) is 0. The van der Waals surface area contributed by atoms with Gasteiger partial charge in [0, 0.05) is 26.4 Å². The number of fused-ring (bicyclic) bond motifs is 9. The summed E-state index contributed by atoms with van der Waals surface area (Å²) in [6.45, 7) is 8.35. The lowest BCUT2D eigenvalue weighted by Gasteiger charge is -2.32. The molecule has 1 aliphatic rings. The smallest absolute Gasteiger partial charge is 0.398 e. The Morgan fingerprint density at radius 1 is 0.575 bits per heavy atom. The first kappa shape index (κ1) is 24.1. The summed E-state index contributed by atoms with van der Waals surface area (Å²) in [6.07, 6.45) is 1.87. The van der Waals surface area contributed by atoms with E-state index in [1.54, 1.807) is 11.3 Å². The molecule has 3 heterocycles. The van der Waals surface area contributed by atoms with Crippen molar-refractivity contribution in [1.29, 1.82) is 0 Å². The van der Waals surface area contributed by atoms with E-state index in [9.17, 15) is 0 Å². The largest absolute Gasteiger partial charge is 0.515 e. The molecule has 8 rings (SSSR count). The van der Waals surface area contributed by atoms with E-state index < -0.39 is 18.3 Å². The molecule has 5 heteroatoms. The number of thiophene rings is 1. The van der Waals surface area contributed by atoms with Gasteiger partial charge in [0.2, 0.25) is 0 Å². The fraction of sp³-hybridized carbons (Fsp3) is 0.171. The first-order valence-corrected chi connectivity index (χ1v) is 14.6. The van der Waals surface area contributed by atoms with Crippen molar-refractivity contribution in [2.24, 2.45) is 0 Å². The Balaban J connectivity index is 1.33. The van der Waals surface area contributed by atoms with Crippen molar-refractivity contribution in [3.8, 4) is 11.1 Å². The Kier molecular flexibility index (Phi) is 5.04. The Hall–Kier alpha value is -3.77. The van der Waals surface area contributed by atoms with Crippen molar-refractivity contribution < 1.29 is 9.31 Å². The summed E-state index contributed by atoms with van der Waals surface area (Å²) < 4.78 is 15.3. The quantitative estimate of drug-likeness (QED) is 0.163. The normalized spacial score (nSPS) is 16.6. The molecule has 0 amide bonds. The zero-order valence-corrected chi connectivity index (χ0v) is 23.8. The van der Waals surface area contributed by atoms with Crippen LogP contribution >= 0.6 is 11.3 Å². The van der Waals surface area contributed by atoms with Crippen molar-refractivity contribution in [3.63, 3.8) is 0 Å². The number of rotatable bonds is 2. The van der Waals surface area contributed by atoms with Gasteiger partial charge in [-0.25, -0.2) is 0 Å². The predicted molar refractivity (Wildman–Crippen MR) is 171 cm³/mol. The summed E-state index contributed by atoms with van der Waals surface area (Å²) in [5, 5.41) is 10.0. The summed E-state index contributed by atoms with van der Waals surface area (Å²) in [6, 6.07) is 33.3. The highest BCUT2D eigenvalue weighted by Crippen LogP contribution is 2.41. The van der Waals surface area contributed by atoms with Crippen LogP contribution < -0.4 is 5.59 Å². The Labute approximate surface area is 237 Å². The van der Waals surface area contributed by atoms with E-state index in [1.165, 1.54) is 58.2 Å². The molecule has 1 fully saturated rings. The lowest BCUT2D eigenvalue weighted by atomic mass is 9.81. The van der Waals surface area contributed by atoms with Crippen LogP contribution in [-0.2, 0) is 9.31 Å². The van der Waals surface area contributed by atoms with Gasteiger partial charge in [-0.1, -0.05) is 66.7 Å². The van der Waals surface area contributed by atoms with Gasteiger partial charge in [-0.2, -0.15) is 0 Å². The van der Waals surface area contributed by atoms with Gasteiger partial charge in [0.05, 0.1) is 16.8 Å². The summed E-state index contributed by atoms with van der Waals surface area (Å²) in [7, 11) is -0.504. The minimum absolute atomic E-state index is 0.420. The van der Waals surface area contributed by atoms with Gasteiger partial charge >= 0.3 is 7.12 Å². The molecule has 1 aliphatic heterocycles. The average Bonchev–Trinajstić information content (AvgIpc) is 3.45. The molecule has 0 radical (unpaired) electrons. The topological polar surface area (TPSA) is 31.4 Å². The highest BCUT2D eigenvalue weighted by molar-refractivity contribution is 7.26. The van der Waals surface area contributed by atoms with Crippen molar-refractivity contribution >= 4 is 76.5 Å². The summed E-state index contributed by atoms with van der Waals surface area (Å²) in [4.78, 5) is 4.81. The second-order valence-corrected chi connectivity index (χ2v) is 12.9. The van der Waals surface area contributed by atoms with E-state index >= 15 is 0 Å². The van der Waals surface area contributed by atoms with E-state index in [2.05, 4.69) is 119 Å². The number of aromatic nitrogens is 1. The third-order valence-corrected chi connectivity index (χ3v) is 10.1. The van der Waals surface area contributed by atoms with Crippen LogP contribution in [0.5, 0.6) is 0 Å². The molecule has 7 aromatic rings. The molecular formula is C35H28BNO2S. The minimum atomic E-state index is -0.504. The molecule has 0 saturated carbocycles. The minimum Gasteiger partial charge on any atom is -0.398 e. The van der Waals surface area contributed by atoms with Crippen LogP contribution in [0.25, 0.3) is 63.6 Å². The first-order valence-electron chi connectivity index (χ1n) is 13.8. The third-order valence-electron chi connectivity index (χ3n) is 8.96. The Morgan fingerprint density at radius 3 is 1.73 bits per heavy atom. The maximum absolute atomic E-state index is 6.44. The van der Waals surface area contributed by atoms with Gasteiger partial charge in [-0.05, 0) is 95.4 Å². The maximum atomic E-state index is 6.44. The van der Waals surface area contributed by atoms with Crippen molar-refractivity contribution in [1.82, 2.24) is 4.98 Å². The Bertz CT molecular complexity index is 2090. The highest BCUT2D eigenvalue weighted by Gasteiger charge is 2.53. The highest BCUT2D eigenvalue weighted by atomic mass is 32.1. The molecule has 0 N–H and O–H groups in total. The molecule has 0 spiro atoms. The van der Waals surface area contributed by atoms with E-state index in [1.807, 2.05) is 6.20 Å². The van der Waals surface area contributed by atoms with Gasteiger partial charge in [0.1, 0.15) is 0 Å². The van der Waals surface area contributed by atoms with Crippen molar-refractivity contribution in [3.05, 3.63) is 97.2 Å². The first-order chi connectivity index (χ1) is 19.3. The van der Waals surface area contributed by atoms with Gasteiger partial charge < -0.3 is 9.31 Å². The lowest BCUT2D eigenvalue weighted by molar-refractivity contribution is 0.00578. The SMILES string of the molecule is CC1(C)OB(c2nccc3sc4ccc(-c5ccc6c7ccccc7c7ccccc7c6c5)cc4c23)OC1(C)C. The molecule has 0 aliphatic carbocycles. The van der Waals surface area contributed by atoms with Crippen LogP contribution in [0.15, 0.2) is 97.2 Å². The second kappa shape index (κ2) is 8.37. The molecule has 40 heavy (non-hydrogen) atoms. The molecule has 0 unspecified atom stereocenters. The number of nitrogens with zero attached hydrogens (tertiary/aromatic N) is 1. The third kappa shape index (κ3) is 3.41. The van der Waals surface area contributed by atoms with E-state index in [-0.39, 0.29) is 0 Å². The molecule has 194 valence electrons. The molecule has 5 aromatic carbocycles. The van der Waals surface area contributed by atoms with Crippen LogP contribution in [0.1, 0.15) is 27.7 Å². The molecular weight excluding hydrogens is 509 g/mol.